The number of halogens is 2. The molecule has 0 aliphatic rings. The highest BCUT2D eigenvalue weighted by atomic mass is 79.9. The lowest BCUT2D eigenvalue weighted by Gasteiger charge is -1.97. The molecule has 0 spiro atoms. The van der Waals surface area contributed by atoms with Crippen LogP contribution in [0.15, 0.2) is 45.3 Å². The molecule has 1 aromatic heterocycles. The minimum absolute atomic E-state index is 0.664. The van der Waals surface area contributed by atoms with E-state index in [1.165, 1.54) is 0 Å². The third-order valence-electron chi connectivity index (χ3n) is 2.90. The highest BCUT2D eigenvalue weighted by molar-refractivity contribution is 9.10. The smallest absolute Gasteiger partial charge is 0.199 e. The first-order valence-corrected chi connectivity index (χ1v) is 7.09. The molecule has 0 unspecified atom stereocenters. The van der Waals surface area contributed by atoms with E-state index in [0.717, 1.165) is 31.7 Å². The van der Waals surface area contributed by atoms with Crippen LogP contribution in [0, 0.1) is 6.92 Å². The Kier molecular flexibility index (Phi) is 3.33. The number of nitrogens with zero attached hydrogens (tertiary/aromatic N) is 1. The summed E-state index contributed by atoms with van der Waals surface area (Å²) in [7, 11) is 0. The molecule has 0 aliphatic carbocycles. The predicted molar refractivity (Wildman–Crippen MR) is 80.7 cm³/mol. The zero-order valence-electron chi connectivity index (χ0n) is 10.3. The van der Waals surface area contributed by atoms with E-state index in [1.54, 1.807) is 0 Å². The number of hydrogen-bond donors (Lipinski definition) is 0. The van der Waals surface area contributed by atoms with Gasteiger partial charge in [-0.05, 0) is 58.2 Å². The molecule has 2 aromatic carbocycles. The second-order valence-electron chi connectivity index (χ2n) is 4.51. The van der Waals surface area contributed by atoms with E-state index < -0.39 is 0 Å². The van der Waals surface area contributed by atoms with Crippen LogP contribution in [0.25, 0.3) is 11.1 Å². The summed E-state index contributed by atoms with van der Waals surface area (Å²) in [6.07, 6.45) is 0.664. The molecule has 3 aromatic rings. The number of fused-ring (bicyclic) bond motifs is 1. The maximum Gasteiger partial charge on any atom is 0.199 e. The minimum atomic E-state index is 0.664. The quantitative estimate of drug-likeness (QED) is 0.647. The summed E-state index contributed by atoms with van der Waals surface area (Å²) in [4.78, 5) is 4.52. The van der Waals surface area contributed by atoms with Gasteiger partial charge in [0.15, 0.2) is 11.5 Å². The van der Waals surface area contributed by atoms with Crippen LogP contribution < -0.4 is 0 Å². The van der Waals surface area contributed by atoms with E-state index in [1.807, 2.05) is 43.3 Å². The molecule has 0 amide bonds. The van der Waals surface area contributed by atoms with Crippen LogP contribution in [0.5, 0.6) is 0 Å². The van der Waals surface area contributed by atoms with Gasteiger partial charge in [0.05, 0.1) is 4.47 Å². The lowest BCUT2D eigenvalue weighted by Crippen LogP contribution is -1.87. The molecule has 0 fully saturated rings. The van der Waals surface area contributed by atoms with Crippen LogP contribution in [-0.2, 0) is 6.42 Å². The fourth-order valence-electron chi connectivity index (χ4n) is 2.02. The molecular formula is C15H11BrClNO. The van der Waals surface area contributed by atoms with Gasteiger partial charge in [-0.25, -0.2) is 4.98 Å². The predicted octanol–water partition coefficient (Wildman–Crippen LogP) is 5.14. The Labute approximate surface area is 124 Å². The molecule has 0 radical (unpaired) electrons. The third-order valence-corrected chi connectivity index (χ3v) is 3.74. The molecule has 1 heterocycles. The highest BCUT2D eigenvalue weighted by Gasteiger charge is 2.10. The SMILES string of the molecule is Cc1cc(Br)c2oc(Cc3ccc(Cl)cc3)nc2c1. The lowest BCUT2D eigenvalue weighted by atomic mass is 10.1. The fourth-order valence-corrected chi connectivity index (χ4v) is 2.79. The fraction of sp³-hybridized carbons (Fsp3) is 0.133. The van der Waals surface area contributed by atoms with E-state index in [2.05, 4.69) is 20.9 Å². The lowest BCUT2D eigenvalue weighted by molar-refractivity contribution is 0.543. The second-order valence-corrected chi connectivity index (χ2v) is 5.80. The summed E-state index contributed by atoms with van der Waals surface area (Å²) in [6.45, 7) is 2.04. The van der Waals surface area contributed by atoms with E-state index in [9.17, 15) is 0 Å². The normalized spacial score (nSPS) is 11.1. The van der Waals surface area contributed by atoms with Gasteiger partial charge < -0.3 is 4.42 Å². The first kappa shape index (κ1) is 12.7. The Bertz CT molecular complexity index is 734. The summed E-state index contributed by atoms with van der Waals surface area (Å²) in [6, 6.07) is 11.8. The van der Waals surface area contributed by atoms with E-state index >= 15 is 0 Å². The molecule has 3 rings (SSSR count). The molecule has 0 saturated carbocycles. The van der Waals surface area contributed by atoms with Crippen molar-refractivity contribution in [1.82, 2.24) is 4.98 Å². The third kappa shape index (κ3) is 2.67. The van der Waals surface area contributed by atoms with Crippen molar-refractivity contribution in [3.05, 3.63) is 62.9 Å². The number of aromatic nitrogens is 1. The van der Waals surface area contributed by atoms with Crippen molar-refractivity contribution in [2.24, 2.45) is 0 Å². The van der Waals surface area contributed by atoms with Crippen LogP contribution in [0.4, 0.5) is 0 Å². The molecule has 0 N–H and O–H groups in total. The Hall–Kier alpha value is -1.32. The zero-order valence-corrected chi connectivity index (χ0v) is 12.6. The number of hydrogen-bond acceptors (Lipinski definition) is 2. The van der Waals surface area contributed by atoms with Gasteiger partial charge in [0.2, 0.25) is 0 Å². The maximum atomic E-state index is 5.87. The molecule has 0 atom stereocenters. The zero-order chi connectivity index (χ0) is 13.4. The Morgan fingerprint density at radius 3 is 2.68 bits per heavy atom. The van der Waals surface area contributed by atoms with Crippen molar-refractivity contribution in [3.63, 3.8) is 0 Å². The average Bonchev–Trinajstić information content (AvgIpc) is 2.75. The van der Waals surface area contributed by atoms with Crippen LogP contribution >= 0.6 is 27.5 Å². The molecule has 0 bridgehead atoms. The molecule has 0 saturated heterocycles. The van der Waals surface area contributed by atoms with Crippen molar-refractivity contribution in [2.75, 3.05) is 0 Å². The molecule has 19 heavy (non-hydrogen) atoms. The second kappa shape index (κ2) is 4.99. The average molecular weight is 337 g/mol. The van der Waals surface area contributed by atoms with Crippen molar-refractivity contribution >= 4 is 38.6 Å². The van der Waals surface area contributed by atoms with E-state index in [-0.39, 0.29) is 0 Å². The van der Waals surface area contributed by atoms with Crippen molar-refractivity contribution in [3.8, 4) is 0 Å². The number of aryl methyl sites for hydroxylation is 1. The molecule has 2 nitrogen and oxygen atoms in total. The van der Waals surface area contributed by atoms with Crippen molar-refractivity contribution in [1.29, 1.82) is 0 Å². The Balaban J connectivity index is 1.97. The minimum Gasteiger partial charge on any atom is -0.439 e. The van der Waals surface area contributed by atoms with E-state index in [4.69, 9.17) is 16.0 Å². The number of oxazole rings is 1. The van der Waals surface area contributed by atoms with Gasteiger partial charge in [0, 0.05) is 11.4 Å². The highest BCUT2D eigenvalue weighted by Crippen LogP contribution is 2.27. The van der Waals surface area contributed by atoms with Gasteiger partial charge in [-0.3, -0.25) is 0 Å². The van der Waals surface area contributed by atoms with Gasteiger partial charge >= 0.3 is 0 Å². The van der Waals surface area contributed by atoms with E-state index in [0.29, 0.717) is 12.3 Å². The molecule has 96 valence electrons. The largest absolute Gasteiger partial charge is 0.439 e. The summed E-state index contributed by atoms with van der Waals surface area (Å²) < 4.78 is 6.74. The van der Waals surface area contributed by atoms with Crippen LogP contribution in [0.3, 0.4) is 0 Å². The summed E-state index contributed by atoms with van der Waals surface area (Å²) >= 11 is 9.38. The molecule has 4 heteroatoms. The summed E-state index contributed by atoms with van der Waals surface area (Å²) in [5.41, 5.74) is 3.97. The van der Waals surface area contributed by atoms with Gasteiger partial charge in [-0.1, -0.05) is 23.7 Å². The molecule has 0 aliphatic heterocycles. The van der Waals surface area contributed by atoms with Crippen LogP contribution in [0.2, 0.25) is 5.02 Å². The van der Waals surface area contributed by atoms with Crippen LogP contribution in [-0.4, -0.2) is 4.98 Å². The van der Waals surface area contributed by atoms with Crippen molar-refractivity contribution in [2.45, 2.75) is 13.3 Å². The number of rotatable bonds is 2. The van der Waals surface area contributed by atoms with Gasteiger partial charge in [-0.2, -0.15) is 0 Å². The summed E-state index contributed by atoms with van der Waals surface area (Å²) in [5.74, 6) is 0.712. The maximum absolute atomic E-state index is 5.87. The van der Waals surface area contributed by atoms with Gasteiger partial charge in [0.1, 0.15) is 5.52 Å². The monoisotopic (exact) mass is 335 g/mol. The van der Waals surface area contributed by atoms with Crippen molar-refractivity contribution < 1.29 is 4.42 Å². The Morgan fingerprint density at radius 1 is 1.21 bits per heavy atom. The van der Waals surface area contributed by atoms with Gasteiger partial charge in [0.25, 0.3) is 0 Å². The molecular weight excluding hydrogens is 326 g/mol. The Morgan fingerprint density at radius 2 is 1.95 bits per heavy atom. The van der Waals surface area contributed by atoms with Gasteiger partial charge in [-0.15, -0.1) is 0 Å². The first-order valence-electron chi connectivity index (χ1n) is 5.92. The topological polar surface area (TPSA) is 26.0 Å². The summed E-state index contributed by atoms with van der Waals surface area (Å²) in [5, 5.41) is 0.736. The first-order chi connectivity index (χ1) is 9.11. The van der Waals surface area contributed by atoms with Crippen LogP contribution in [0.1, 0.15) is 17.0 Å². The standard InChI is InChI=1S/C15H11BrClNO/c1-9-6-12(16)15-13(7-9)18-14(19-15)8-10-2-4-11(17)5-3-10/h2-7H,8H2,1H3. The number of benzene rings is 2.